The lowest BCUT2D eigenvalue weighted by Crippen LogP contribution is -2.48. The molecule has 1 aromatic heterocycles. The van der Waals surface area contributed by atoms with Crippen LogP contribution in [0.25, 0.3) is 0 Å². The average Bonchev–Trinajstić information content (AvgIpc) is 2.93. The van der Waals surface area contributed by atoms with Crippen molar-refractivity contribution in [1.82, 2.24) is 14.8 Å². The molecule has 0 unspecified atom stereocenters. The first-order valence-electron chi connectivity index (χ1n) is 7.41. The smallest absolute Gasteiger partial charge is 0.256 e. The van der Waals surface area contributed by atoms with E-state index >= 15 is 0 Å². The molecule has 1 saturated heterocycles. The molecule has 2 heterocycles. The molecule has 0 radical (unpaired) electrons. The molecule has 22 heavy (non-hydrogen) atoms. The van der Waals surface area contributed by atoms with Crippen LogP contribution in [-0.4, -0.2) is 46.9 Å². The van der Waals surface area contributed by atoms with E-state index < -0.39 is 0 Å². The number of hydrogen-bond donors (Lipinski definition) is 1. The maximum atomic E-state index is 12.5. The number of anilines is 1. The molecule has 1 fully saturated rings. The quantitative estimate of drug-likeness (QED) is 0.880. The Morgan fingerprint density at radius 2 is 2.00 bits per heavy atom. The minimum absolute atomic E-state index is 0.0337. The summed E-state index contributed by atoms with van der Waals surface area (Å²) in [4.78, 5) is 22.3. The van der Waals surface area contributed by atoms with Gasteiger partial charge in [-0.05, 0) is 19.1 Å². The number of nitrogen functional groups attached to an aromatic ring is 1. The fourth-order valence-electron chi connectivity index (χ4n) is 2.67. The molecular formula is C16H20N4OS. The second kappa shape index (κ2) is 6.46. The first-order valence-corrected chi connectivity index (χ1v) is 8.22. The van der Waals surface area contributed by atoms with Crippen LogP contribution in [0.3, 0.4) is 0 Å². The Labute approximate surface area is 134 Å². The van der Waals surface area contributed by atoms with E-state index in [-0.39, 0.29) is 5.91 Å². The number of piperazine rings is 1. The number of carbonyl (C=O) groups excluding carboxylic acids is 1. The van der Waals surface area contributed by atoms with Crippen LogP contribution in [0.1, 0.15) is 20.2 Å². The van der Waals surface area contributed by atoms with Gasteiger partial charge in [0.1, 0.15) is 0 Å². The zero-order chi connectivity index (χ0) is 15.5. The Hall–Kier alpha value is -1.92. The van der Waals surface area contributed by atoms with Gasteiger partial charge < -0.3 is 10.6 Å². The van der Waals surface area contributed by atoms with Gasteiger partial charge in [-0.15, -0.1) is 11.3 Å². The second-order valence-corrected chi connectivity index (χ2v) is 6.82. The third-order valence-corrected chi connectivity index (χ3v) is 4.80. The average molecular weight is 316 g/mol. The van der Waals surface area contributed by atoms with E-state index in [1.165, 1.54) is 4.88 Å². The first-order chi connectivity index (χ1) is 10.6. The van der Waals surface area contributed by atoms with E-state index in [1.807, 2.05) is 30.2 Å². The summed E-state index contributed by atoms with van der Waals surface area (Å²) < 4.78 is 0. The Bertz CT molecular complexity index is 662. The number of nitrogens with two attached hydrogens (primary N) is 1. The molecular weight excluding hydrogens is 296 g/mol. The summed E-state index contributed by atoms with van der Waals surface area (Å²) in [6, 6.07) is 7.27. The van der Waals surface area contributed by atoms with Crippen molar-refractivity contribution in [3.8, 4) is 0 Å². The summed E-state index contributed by atoms with van der Waals surface area (Å²) in [5.41, 5.74) is 7.05. The Kier molecular flexibility index (Phi) is 4.40. The summed E-state index contributed by atoms with van der Waals surface area (Å²) in [7, 11) is 0. The Balaban J connectivity index is 1.57. The molecule has 0 bridgehead atoms. The zero-order valence-corrected chi connectivity index (χ0v) is 13.5. The van der Waals surface area contributed by atoms with Crippen LogP contribution in [0, 0.1) is 6.92 Å². The van der Waals surface area contributed by atoms with Gasteiger partial charge in [0, 0.05) is 49.5 Å². The zero-order valence-electron chi connectivity index (χ0n) is 12.7. The maximum absolute atomic E-state index is 12.5. The van der Waals surface area contributed by atoms with Crippen LogP contribution in [0.15, 0.2) is 30.5 Å². The molecule has 5 nitrogen and oxygen atoms in total. The molecule has 0 saturated carbocycles. The molecule has 0 aliphatic carbocycles. The SMILES string of the molecule is Cc1ncc(CN2CCN(C(=O)c3ccccc3N)CC2)s1. The molecule has 3 rings (SSSR count). The number of carbonyl (C=O) groups is 1. The number of nitrogens with zero attached hydrogens (tertiary/aromatic N) is 3. The van der Waals surface area contributed by atoms with Crippen molar-refractivity contribution in [3.63, 3.8) is 0 Å². The number of aryl methyl sites for hydroxylation is 1. The highest BCUT2D eigenvalue weighted by molar-refractivity contribution is 7.11. The van der Waals surface area contributed by atoms with E-state index in [9.17, 15) is 4.79 Å². The van der Waals surface area contributed by atoms with Gasteiger partial charge in [0.25, 0.3) is 5.91 Å². The number of thiazole rings is 1. The van der Waals surface area contributed by atoms with Crippen LogP contribution >= 0.6 is 11.3 Å². The molecule has 1 aliphatic rings. The van der Waals surface area contributed by atoms with Gasteiger partial charge in [0.15, 0.2) is 0 Å². The monoisotopic (exact) mass is 316 g/mol. The summed E-state index contributed by atoms with van der Waals surface area (Å²) >= 11 is 1.74. The van der Waals surface area contributed by atoms with Crippen LogP contribution in [-0.2, 0) is 6.54 Å². The minimum atomic E-state index is 0.0337. The van der Waals surface area contributed by atoms with Gasteiger partial charge in [-0.25, -0.2) is 4.98 Å². The van der Waals surface area contributed by atoms with Crippen molar-refractivity contribution in [2.24, 2.45) is 0 Å². The highest BCUT2D eigenvalue weighted by Crippen LogP contribution is 2.18. The molecule has 1 amide bonds. The highest BCUT2D eigenvalue weighted by atomic mass is 32.1. The van der Waals surface area contributed by atoms with Crippen molar-refractivity contribution in [1.29, 1.82) is 0 Å². The number of para-hydroxylation sites is 1. The van der Waals surface area contributed by atoms with Crippen LogP contribution in [0.5, 0.6) is 0 Å². The van der Waals surface area contributed by atoms with Gasteiger partial charge in [-0.1, -0.05) is 12.1 Å². The summed E-state index contributed by atoms with van der Waals surface area (Å²) in [6.07, 6.45) is 1.95. The van der Waals surface area contributed by atoms with Crippen molar-refractivity contribution < 1.29 is 4.79 Å². The van der Waals surface area contributed by atoms with E-state index in [1.54, 1.807) is 23.5 Å². The standard InChI is InChI=1S/C16H20N4OS/c1-12-18-10-13(22-12)11-19-6-8-20(9-7-19)16(21)14-4-2-3-5-15(14)17/h2-5,10H,6-9,11,17H2,1H3. The third-order valence-electron chi connectivity index (χ3n) is 3.90. The third kappa shape index (κ3) is 3.28. The van der Waals surface area contributed by atoms with E-state index in [0.717, 1.165) is 37.7 Å². The lowest BCUT2D eigenvalue weighted by molar-refractivity contribution is 0.0630. The Morgan fingerprint density at radius 1 is 1.27 bits per heavy atom. The fourth-order valence-corrected chi connectivity index (χ4v) is 3.51. The minimum Gasteiger partial charge on any atom is -0.398 e. The number of hydrogen-bond acceptors (Lipinski definition) is 5. The molecule has 1 aromatic carbocycles. The number of aromatic nitrogens is 1. The second-order valence-electron chi connectivity index (χ2n) is 5.50. The molecule has 0 spiro atoms. The summed E-state index contributed by atoms with van der Waals surface area (Å²) in [5.74, 6) is 0.0337. The van der Waals surface area contributed by atoms with Gasteiger partial charge >= 0.3 is 0 Å². The lowest BCUT2D eigenvalue weighted by Gasteiger charge is -2.34. The first kappa shape index (κ1) is 15.0. The number of rotatable bonds is 3. The molecule has 2 aromatic rings. The Morgan fingerprint density at radius 3 is 2.64 bits per heavy atom. The van der Waals surface area contributed by atoms with Gasteiger partial charge in [0.05, 0.1) is 10.6 Å². The predicted molar refractivity (Wildman–Crippen MR) is 88.9 cm³/mol. The molecule has 116 valence electrons. The fraction of sp³-hybridized carbons (Fsp3) is 0.375. The number of benzene rings is 1. The maximum Gasteiger partial charge on any atom is 0.256 e. The molecule has 1 aliphatic heterocycles. The van der Waals surface area contributed by atoms with Crippen molar-refractivity contribution in [2.45, 2.75) is 13.5 Å². The van der Waals surface area contributed by atoms with Crippen LogP contribution < -0.4 is 5.73 Å². The molecule has 0 atom stereocenters. The lowest BCUT2D eigenvalue weighted by atomic mass is 10.1. The van der Waals surface area contributed by atoms with Crippen molar-refractivity contribution >= 4 is 22.9 Å². The van der Waals surface area contributed by atoms with Crippen molar-refractivity contribution in [2.75, 3.05) is 31.9 Å². The largest absolute Gasteiger partial charge is 0.398 e. The van der Waals surface area contributed by atoms with Crippen molar-refractivity contribution in [3.05, 3.63) is 45.9 Å². The molecule has 2 N–H and O–H groups in total. The summed E-state index contributed by atoms with van der Waals surface area (Å²) in [6.45, 7) is 6.19. The van der Waals surface area contributed by atoms with Gasteiger partial charge in [0.2, 0.25) is 0 Å². The normalized spacial score (nSPS) is 16.0. The van der Waals surface area contributed by atoms with E-state index in [4.69, 9.17) is 5.73 Å². The topological polar surface area (TPSA) is 62.5 Å². The molecule has 6 heteroatoms. The van der Waals surface area contributed by atoms with Crippen LogP contribution in [0.2, 0.25) is 0 Å². The van der Waals surface area contributed by atoms with Gasteiger partial charge in [-0.3, -0.25) is 9.69 Å². The van der Waals surface area contributed by atoms with Gasteiger partial charge in [-0.2, -0.15) is 0 Å². The summed E-state index contributed by atoms with van der Waals surface area (Å²) in [5, 5.41) is 1.10. The number of amides is 1. The van der Waals surface area contributed by atoms with E-state index in [2.05, 4.69) is 9.88 Å². The highest BCUT2D eigenvalue weighted by Gasteiger charge is 2.23. The van der Waals surface area contributed by atoms with E-state index in [0.29, 0.717) is 11.3 Å². The predicted octanol–water partition coefficient (Wildman–Crippen LogP) is 1.99. The van der Waals surface area contributed by atoms with Crippen LogP contribution in [0.4, 0.5) is 5.69 Å².